The average molecular weight is 330 g/mol. The van der Waals surface area contributed by atoms with Crippen LogP contribution in [0.25, 0.3) is 0 Å². The quantitative estimate of drug-likeness (QED) is 0.850. The molecule has 1 nitrogen and oxygen atoms in total. The minimum absolute atomic E-state index is 0.0425. The van der Waals surface area contributed by atoms with Crippen molar-refractivity contribution in [1.82, 2.24) is 0 Å². The number of hydrogen-bond donors (Lipinski definition) is 1. The Balaban J connectivity index is 1.93. The van der Waals surface area contributed by atoms with Crippen molar-refractivity contribution in [3.63, 3.8) is 0 Å². The molecule has 20 heavy (non-hydrogen) atoms. The summed E-state index contributed by atoms with van der Waals surface area (Å²) < 4.78 is 1.13. The molecular formula is C18H20BrN. The molecule has 2 aromatic carbocycles. The molecule has 0 aliphatic heterocycles. The molecule has 1 atom stereocenters. The van der Waals surface area contributed by atoms with E-state index < -0.39 is 0 Å². The Labute approximate surface area is 129 Å². The van der Waals surface area contributed by atoms with Gasteiger partial charge in [0.2, 0.25) is 0 Å². The van der Waals surface area contributed by atoms with Crippen molar-refractivity contribution in [2.24, 2.45) is 5.73 Å². The van der Waals surface area contributed by atoms with E-state index in [1.807, 2.05) is 0 Å². The minimum atomic E-state index is -0.0425. The molecule has 2 aromatic rings. The Morgan fingerprint density at radius 2 is 1.60 bits per heavy atom. The highest BCUT2D eigenvalue weighted by molar-refractivity contribution is 9.10. The van der Waals surface area contributed by atoms with Crippen LogP contribution in [0.5, 0.6) is 0 Å². The molecule has 2 heteroatoms. The molecule has 0 radical (unpaired) electrons. The summed E-state index contributed by atoms with van der Waals surface area (Å²) in [5.74, 6) is 0. The number of benzene rings is 2. The smallest absolute Gasteiger partial charge is 0.0552 e. The molecule has 0 bridgehead atoms. The number of hydrogen-bond acceptors (Lipinski definition) is 1. The molecule has 0 heterocycles. The number of halogens is 1. The lowest BCUT2D eigenvalue weighted by molar-refractivity contribution is 0.682. The molecule has 0 aromatic heterocycles. The maximum Gasteiger partial charge on any atom is 0.0552 e. The van der Waals surface area contributed by atoms with Gasteiger partial charge in [-0.1, -0.05) is 46.3 Å². The fourth-order valence-corrected chi connectivity index (χ4v) is 3.34. The number of aryl methyl sites for hydroxylation is 3. The summed E-state index contributed by atoms with van der Waals surface area (Å²) in [4.78, 5) is 0. The van der Waals surface area contributed by atoms with E-state index in [2.05, 4.69) is 59.3 Å². The third-order valence-electron chi connectivity index (χ3n) is 4.29. The Morgan fingerprint density at radius 1 is 0.950 bits per heavy atom. The average Bonchev–Trinajstić information content (AvgIpc) is 2.49. The van der Waals surface area contributed by atoms with Crippen LogP contribution in [-0.4, -0.2) is 0 Å². The third kappa shape index (κ3) is 2.68. The zero-order valence-electron chi connectivity index (χ0n) is 11.8. The van der Waals surface area contributed by atoms with E-state index in [9.17, 15) is 0 Å². The second-order valence-electron chi connectivity index (χ2n) is 5.72. The first kappa shape index (κ1) is 13.8. The minimum Gasteiger partial charge on any atom is -0.320 e. The highest BCUT2D eigenvalue weighted by Crippen LogP contribution is 2.28. The largest absolute Gasteiger partial charge is 0.320 e. The fraction of sp³-hybridized carbons (Fsp3) is 0.333. The molecule has 104 valence electrons. The summed E-state index contributed by atoms with van der Waals surface area (Å²) in [5.41, 5.74) is 13.1. The highest BCUT2D eigenvalue weighted by Gasteiger charge is 2.14. The predicted octanol–water partition coefficient (Wildman–Crippen LogP) is 4.68. The van der Waals surface area contributed by atoms with Gasteiger partial charge in [0.1, 0.15) is 0 Å². The molecule has 0 fully saturated rings. The van der Waals surface area contributed by atoms with Crippen molar-refractivity contribution in [2.45, 2.75) is 38.6 Å². The van der Waals surface area contributed by atoms with E-state index in [-0.39, 0.29) is 6.04 Å². The number of nitrogens with two attached hydrogens (primary N) is 1. The highest BCUT2D eigenvalue weighted by atomic mass is 79.9. The van der Waals surface area contributed by atoms with Gasteiger partial charge in [0.05, 0.1) is 6.04 Å². The summed E-state index contributed by atoms with van der Waals surface area (Å²) in [7, 11) is 0. The Bertz CT molecular complexity index is 633. The van der Waals surface area contributed by atoms with Crippen molar-refractivity contribution in [1.29, 1.82) is 0 Å². The molecule has 0 saturated carbocycles. The molecule has 0 spiro atoms. The molecule has 1 aliphatic rings. The van der Waals surface area contributed by atoms with Gasteiger partial charge in [-0.05, 0) is 66.5 Å². The van der Waals surface area contributed by atoms with Crippen LogP contribution in [-0.2, 0) is 12.8 Å². The van der Waals surface area contributed by atoms with Gasteiger partial charge >= 0.3 is 0 Å². The summed E-state index contributed by atoms with van der Waals surface area (Å²) in [5, 5.41) is 0. The summed E-state index contributed by atoms with van der Waals surface area (Å²) in [6.45, 7) is 2.10. The first-order valence-electron chi connectivity index (χ1n) is 7.28. The van der Waals surface area contributed by atoms with Gasteiger partial charge < -0.3 is 5.73 Å². The zero-order chi connectivity index (χ0) is 14.1. The molecule has 1 unspecified atom stereocenters. The van der Waals surface area contributed by atoms with Crippen LogP contribution in [0.4, 0.5) is 0 Å². The summed E-state index contributed by atoms with van der Waals surface area (Å²) >= 11 is 3.59. The molecular weight excluding hydrogens is 310 g/mol. The van der Waals surface area contributed by atoms with Crippen LogP contribution >= 0.6 is 15.9 Å². The zero-order valence-corrected chi connectivity index (χ0v) is 13.4. The molecule has 0 saturated heterocycles. The fourth-order valence-electron chi connectivity index (χ4n) is 2.94. The van der Waals surface area contributed by atoms with E-state index >= 15 is 0 Å². The van der Waals surface area contributed by atoms with Crippen LogP contribution in [0.2, 0.25) is 0 Å². The van der Waals surface area contributed by atoms with E-state index in [0.717, 1.165) is 4.47 Å². The number of fused-ring (bicyclic) bond motifs is 1. The molecule has 0 amide bonds. The normalized spacial score (nSPS) is 15.8. The van der Waals surface area contributed by atoms with Crippen LogP contribution in [0.15, 0.2) is 40.9 Å². The van der Waals surface area contributed by atoms with Gasteiger partial charge in [-0.2, -0.15) is 0 Å². The number of rotatable bonds is 2. The van der Waals surface area contributed by atoms with Gasteiger partial charge in [-0.25, -0.2) is 0 Å². The van der Waals surface area contributed by atoms with E-state index in [1.165, 1.54) is 53.5 Å². The Kier molecular flexibility index (Phi) is 3.95. The second kappa shape index (κ2) is 5.71. The van der Waals surface area contributed by atoms with Gasteiger partial charge in [0.25, 0.3) is 0 Å². The first-order chi connectivity index (χ1) is 9.65. The van der Waals surface area contributed by atoms with Crippen molar-refractivity contribution >= 4 is 15.9 Å². The lowest BCUT2D eigenvalue weighted by Gasteiger charge is -2.20. The first-order valence-corrected chi connectivity index (χ1v) is 8.08. The molecule has 2 N–H and O–H groups in total. The van der Waals surface area contributed by atoms with Crippen molar-refractivity contribution in [3.05, 3.63) is 68.7 Å². The van der Waals surface area contributed by atoms with E-state index in [4.69, 9.17) is 5.73 Å². The third-order valence-corrected chi connectivity index (χ3v) is 5.14. The molecule has 1 aliphatic carbocycles. The SMILES string of the molecule is Cc1ccc(C(N)c2ccc3c(c2)CCCC3)cc1Br. The van der Waals surface area contributed by atoms with Gasteiger partial charge in [0, 0.05) is 4.47 Å². The maximum atomic E-state index is 6.45. The van der Waals surface area contributed by atoms with E-state index in [1.54, 1.807) is 0 Å². The second-order valence-corrected chi connectivity index (χ2v) is 6.58. The summed E-state index contributed by atoms with van der Waals surface area (Å²) in [6.07, 6.45) is 5.06. The van der Waals surface area contributed by atoms with Crippen LogP contribution in [0.3, 0.4) is 0 Å². The van der Waals surface area contributed by atoms with Crippen molar-refractivity contribution in [3.8, 4) is 0 Å². The Hall–Kier alpha value is -1.12. The predicted molar refractivity (Wildman–Crippen MR) is 88.0 cm³/mol. The van der Waals surface area contributed by atoms with Crippen molar-refractivity contribution in [2.75, 3.05) is 0 Å². The monoisotopic (exact) mass is 329 g/mol. The van der Waals surface area contributed by atoms with E-state index in [0.29, 0.717) is 0 Å². The lowest BCUT2D eigenvalue weighted by Crippen LogP contribution is -2.13. The van der Waals surface area contributed by atoms with Crippen LogP contribution in [0, 0.1) is 6.92 Å². The van der Waals surface area contributed by atoms with Gasteiger partial charge in [0.15, 0.2) is 0 Å². The van der Waals surface area contributed by atoms with Gasteiger partial charge in [-0.3, -0.25) is 0 Å². The Morgan fingerprint density at radius 3 is 2.35 bits per heavy atom. The topological polar surface area (TPSA) is 26.0 Å². The van der Waals surface area contributed by atoms with Crippen LogP contribution < -0.4 is 5.73 Å². The van der Waals surface area contributed by atoms with Gasteiger partial charge in [-0.15, -0.1) is 0 Å². The summed E-state index contributed by atoms with van der Waals surface area (Å²) in [6, 6.07) is 13.1. The maximum absolute atomic E-state index is 6.45. The molecule has 3 rings (SSSR count). The van der Waals surface area contributed by atoms with Crippen molar-refractivity contribution < 1.29 is 0 Å². The lowest BCUT2D eigenvalue weighted by atomic mass is 9.88. The van der Waals surface area contributed by atoms with Crippen LogP contribution in [0.1, 0.15) is 46.7 Å². The standard InChI is InChI=1S/C18H20BrN/c1-12-6-7-16(11-17(12)19)18(20)15-9-8-13-4-2-3-5-14(13)10-15/h6-11,18H,2-5,20H2,1H3.